The molecule has 3 aromatic carbocycles. The fourth-order valence-corrected chi connectivity index (χ4v) is 3.66. The number of anilines is 3. The minimum Gasteiger partial charge on any atom is -0.494 e. The minimum atomic E-state index is -0.691. The molecule has 1 aliphatic heterocycles. The molecule has 0 bridgehead atoms. The molecule has 0 unspecified atom stereocenters. The maximum absolute atomic E-state index is 14.5. The first-order valence-electron chi connectivity index (χ1n) is 10.6. The van der Waals surface area contributed by atoms with Crippen LogP contribution in [0, 0.1) is 5.82 Å². The molecule has 1 aliphatic rings. The number of carbonyl (C=O) groups excluding carboxylic acids is 3. The Kier molecular flexibility index (Phi) is 6.40. The standard InChI is InChI=1S/C26H22FN3O4/c1-3-34-20-8-6-7-19(15-20)29-24-23(17-11-13-18(14-12-17)28-16(2)31)25(32)30(26(24)33)22-10-5-4-9-21(22)27/h4-15,29H,3H2,1-2H3,(H,28,31). The summed E-state index contributed by atoms with van der Waals surface area (Å²) in [6.07, 6.45) is 0. The summed E-state index contributed by atoms with van der Waals surface area (Å²) in [5, 5.41) is 5.69. The molecule has 0 saturated carbocycles. The molecule has 172 valence electrons. The highest BCUT2D eigenvalue weighted by Gasteiger charge is 2.41. The number of ether oxygens (including phenoxy) is 1. The molecule has 0 atom stereocenters. The van der Waals surface area contributed by atoms with Gasteiger partial charge in [-0.3, -0.25) is 14.4 Å². The molecule has 0 fully saturated rings. The van der Waals surface area contributed by atoms with Gasteiger partial charge in [-0.05, 0) is 48.9 Å². The van der Waals surface area contributed by atoms with E-state index in [0.717, 1.165) is 4.90 Å². The van der Waals surface area contributed by atoms with Crippen molar-refractivity contribution >= 4 is 40.4 Å². The summed E-state index contributed by atoms with van der Waals surface area (Å²) in [7, 11) is 0. The minimum absolute atomic E-state index is 0.00850. The van der Waals surface area contributed by atoms with Crippen LogP contribution in [0.15, 0.2) is 78.5 Å². The van der Waals surface area contributed by atoms with E-state index in [1.165, 1.54) is 25.1 Å². The summed E-state index contributed by atoms with van der Waals surface area (Å²) < 4.78 is 20.1. The lowest BCUT2D eigenvalue weighted by molar-refractivity contribution is -0.120. The molecule has 0 spiro atoms. The molecule has 2 N–H and O–H groups in total. The lowest BCUT2D eigenvalue weighted by atomic mass is 10.0. The molecule has 7 nitrogen and oxygen atoms in total. The van der Waals surface area contributed by atoms with Crippen molar-refractivity contribution in [3.8, 4) is 5.75 Å². The number of halogens is 1. The van der Waals surface area contributed by atoms with E-state index in [4.69, 9.17) is 4.74 Å². The van der Waals surface area contributed by atoms with Gasteiger partial charge in [-0.25, -0.2) is 9.29 Å². The van der Waals surface area contributed by atoms with Crippen LogP contribution in [0.1, 0.15) is 19.4 Å². The molecule has 0 radical (unpaired) electrons. The van der Waals surface area contributed by atoms with Crippen LogP contribution in [-0.2, 0) is 14.4 Å². The van der Waals surface area contributed by atoms with E-state index in [0.29, 0.717) is 29.3 Å². The second-order valence-electron chi connectivity index (χ2n) is 7.49. The first kappa shape index (κ1) is 22.7. The van der Waals surface area contributed by atoms with Crippen LogP contribution >= 0.6 is 0 Å². The van der Waals surface area contributed by atoms with Crippen molar-refractivity contribution in [2.75, 3.05) is 22.1 Å². The fraction of sp³-hybridized carbons (Fsp3) is 0.115. The maximum Gasteiger partial charge on any atom is 0.282 e. The highest BCUT2D eigenvalue weighted by atomic mass is 19.1. The first-order chi connectivity index (χ1) is 16.4. The van der Waals surface area contributed by atoms with Gasteiger partial charge < -0.3 is 15.4 Å². The molecule has 3 amide bonds. The number of imide groups is 1. The first-order valence-corrected chi connectivity index (χ1v) is 10.6. The monoisotopic (exact) mass is 459 g/mol. The Bertz CT molecular complexity index is 1300. The molecular weight excluding hydrogens is 437 g/mol. The number of benzene rings is 3. The highest BCUT2D eigenvalue weighted by molar-refractivity contribution is 6.46. The maximum atomic E-state index is 14.5. The van der Waals surface area contributed by atoms with Gasteiger partial charge in [0.15, 0.2) is 0 Å². The molecule has 0 aromatic heterocycles. The summed E-state index contributed by atoms with van der Waals surface area (Å²) in [6, 6.07) is 19.1. The van der Waals surface area contributed by atoms with Gasteiger partial charge in [0, 0.05) is 24.4 Å². The van der Waals surface area contributed by atoms with Crippen LogP contribution in [-0.4, -0.2) is 24.3 Å². The van der Waals surface area contributed by atoms with E-state index in [9.17, 15) is 18.8 Å². The van der Waals surface area contributed by atoms with E-state index >= 15 is 0 Å². The van der Waals surface area contributed by atoms with E-state index in [1.807, 2.05) is 6.92 Å². The van der Waals surface area contributed by atoms with Crippen LogP contribution in [0.5, 0.6) is 5.75 Å². The molecular formula is C26H22FN3O4. The van der Waals surface area contributed by atoms with Gasteiger partial charge in [0.05, 0.1) is 17.9 Å². The highest BCUT2D eigenvalue weighted by Crippen LogP contribution is 2.35. The van der Waals surface area contributed by atoms with Gasteiger partial charge in [0.25, 0.3) is 11.8 Å². The number of hydrogen-bond acceptors (Lipinski definition) is 5. The zero-order valence-corrected chi connectivity index (χ0v) is 18.6. The topological polar surface area (TPSA) is 87.7 Å². The van der Waals surface area contributed by atoms with Crippen molar-refractivity contribution in [2.45, 2.75) is 13.8 Å². The Hall–Kier alpha value is -4.46. The third kappa shape index (κ3) is 4.52. The van der Waals surface area contributed by atoms with E-state index in [-0.39, 0.29) is 22.9 Å². The van der Waals surface area contributed by atoms with Crippen molar-refractivity contribution in [1.82, 2.24) is 0 Å². The largest absolute Gasteiger partial charge is 0.494 e. The van der Waals surface area contributed by atoms with Crippen LogP contribution in [0.2, 0.25) is 0 Å². The van der Waals surface area contributed by atoms with Crippen molar-refractivity contribution in [2.24, 2.45) is 0 Å². The van der Waals surface area contributed by atoms with Crippen molar-refractivity contribution in [1.29, 1.82) is 0 Å². The SMILES string of the molecule is CCOc1cccc(NC2=C(c3ccc(NC(C)=O)cc3)C(=O)N(c3ccccc3F)C2=O)c1. The quantitative estimate of drug-likeness (QED) is 0.505. The fourth-order valence-electron chi connectivity index (χ4n) is 3.66. The van der Waals surface area contributed by atoms with Crippen molar-refractivity contribution in [3.63, 3.8) is 0 Å². The second kappa shape index (κ2) is 9.58. The zero-order valence-electron chi connectivity index (χ0n) is 18.6. The molecule has 4 rings (SSSR count). The Morgan fingerprint density at radius 2 is 1.68 bits per heavy atom. The van der Waals surface area contributed by atoms with Crippen molar-refractivity contribution in [3.05, 3.63) is 89.9 Å². The lowest BCUT2D eigenvalue weighted by Crippen LogP contribution is -2.33. The second-order valence-corrected chi connectivity index (χ2v) is 7.49. The lowest BCUT2D eigenvalue weighted by Gasteiger charge is -2.16. The van der Waals surface area contributed by atoms with Crippen LogP contribution in [0.25, 0.3) is 5.57 Å². The zero-order chi connectivity index (χ0) is 24.2. The van der Waals surface area contributed by atoms with E-state index in [1.54, 1.807) is 54.6 Å². The normalized spacial score (nSPS) is 13.3. The van der Waals surface area contributed by atoms with E-state index < -0.39 is 17.6 Å². The third-order valence-electron chi connectivity index (χ3n) is 5.09. The number of nitrogens with one attached hydrogen (secondary N) is 2. The molecule has 34 heavy (non-hydrogen) atoms. The molecule has 3 aromatic rings. The average molecular weight is 459 g/mol. The Labute approximate surface area is 195 Å². The van der Waals surface area contributed by atoms with Crippen LogP contribution < -0.4 is 20.3 Å². The predicted molar refractivity (Wildman–Crippen MR) is 128 cm³/mol. The summed E-state index contributed by atoms with van der Waals surface area (Å²) in [4.78, 5) is 39.0. The van der Waals surface area contributed by atoms with Gasteiger partial charge >= 0.3 is 0 Å². The van der Waals surface area contributed by atoms with Gasteiger partial charge in [0.1, 0.15) is 17.3 Å². The third-order valence-corrected chi connectivity index (χ3v) is 5.09. The number of para-hydroxylation sites is 1. The molecule has 0 saturated heterocycles. The van der Waals surface area contributed by atoms with Gasteiger partial charge in [0.2, 0.25) is 5.91 Å². The smallest absolute Gasteiger partial charge is 0.282 e. The van der Waals surface area contributed by atoms with Gasteiger partial charge in [-0.1, -0.05) is 30.3 Å². The Morgan fingerprint density at radius 3 is 2.35 bits per heavy atom. The van der Waals surface area contributed by atoms with Crippen LogP contribution in [0.3, 0.4) is 0 Å². The Morgan fingerprint density at radius 1 is 0.941 bits per heavy atom. The number of rotatable bonds is 7. The summed E-state index contributed by atoms with van der Waals surface area (Å²) in [5.41, 5.74) is 1.47. The summed E-state index contributed by atoms with van der Waals surface area (Å²) in [6.45, 7) is 3.72. The number of nitrogens with zero attached hydrogens (tertiary/aromatic N) is 1. The summed E-state index contributed by atoms with van der Waals surface area (Å²) >= 11 is 0. The van der Waals surface area contributed by atoms with Gasteiger partial charge in [-0.2, -0.15) is 0 Å². The van der Waals surface area contributed by atoms with Gasteiger partial charge in [-0.15, -0.1) is 0 Å². The van der Waals surface area contributed by atoms with Crippen molar-refractivity contribution < 1.29 is 23.5 Å². The summed E-state index contributed by atoms with van der Waals surface area (Å²) in [5.74, 6) is -1.67. The van der Waals surface area contributed by atoms with E-state index in [2.05, 4.69) is 10.6 Å². The molecule has 8 heteroatoms. The average Bonchev–Trinajstić information content (AvgIpc) is 3.04. The predicted octanol–water partition coefficient (Wildman–Crippen LogP) is 4.58. The number of amides is 3. The molecule has 1 heterocycles. The Balaban J connectivity index is 1.79. The van der Waals surface area contributed by atoms with Crippen LogP contribution in [0.4, 0.5) is 21.5 Å². The number of hydrogen-bond donors (Lipinski definition) is 2. The molecule has 0 aliphatic carbocycles. The number of carbonyl (C=O) groups is 3.